The highest BCUT2D eigenvalue weighted by atomic mass is 79.9. The topological polar surface area (TPSA) is 63.4 Å². The minimum Gasteiger partial charge on any atom is -0.398 e. The van der Waals surface area contributed by atoms with Gasteiger partial charge in [0, 0.05) is 10.2 Å². The summed E-state index contributed by atoms with van der Waals surface area (Å²) in [5.41, 5.74) is 8.01. The number of imide groups is 1. The molecule has 1 aliphatic carbocycles. The molecular formula is C15H17BrN2O2. The average Bonchev–Trinajstić information content (AvgIpc) is 2.85. The van der Waals surface area contributed by atoms with Crippen LogP contribution in [0.3, 0.4) is 0 Å². The molecule has 1 aromatic rings. The number of hydrogen-bond donors (Lipinski definition) is 1. The van der Waals surface area contributed by atoms with Gasteiger partial charge in [-0.3, -0.25) is 9.59 Å². The van der Waals surface area contributed by atoms with Crippen molar-refractivity contribution >= 4 is 39.1 Å². The van der Waals surface area contributed by atoms with E-state index in [1.165, 1.54) is 4.90 Å². The second-order valence-electron chi connectivity index (χ2n) is 5.96. The van der Waals surface area contributed by atoms with Gasteiger partial charge in [-0.05, 0) is 59.3 Å². The first-order chi connectivity index (χ1) is 9.40. The van der Waals surface area contributed by atoms with Crippen molar-refractivity contribution in [2.75, 3.05) is 10.6 Å². The van der Waals surface area contributed by atoms with Gasteiger partial charge < -0.3 is 5.73 Å². The third-order valence-corrected chi connectivity index (χ3v) is 5.09. The van der Waals surface area contributed by atoms with Gasteiger partial charge >= 0.3 is 0 Å². The van der Waals surface area contributed by atoms with Crippen LogP contribution in [0.1, 0.15) is 25.3 Å². The Bertz CT molecular complexity index is 590. The van der Waals surface area contributed by atoms with Crippen molar-refractivity contribution < 1.29 is 9.59 Å². The first kappa shape index (κ1) is 13.6. The molecule has 2 fully saturated rings. The van der Waals surface area contributed by atoms with Crippen molar-refractivity contribution in [3.63, 3.8) is 0 Å². The number of rotatable bonds is 1. The number of carbonyl (C=O) groups is 2. The minimum absolute atomic E-state index is 0.0756. The summed E-state index contributed by atoms with van der Waals surface area (Å²) in [7, 11) is 0. The Hall–Kier alpha value is -1.36. The molecule has 1 aliphatic heterocycles. The first-order valence-electron chi connectivity index (χ1n) is 6.83. The van der Waals surface area contributed by atoms with Crippen LogP contribution in [0.2, 0.25) is 0 Å². The maximum atomic E-state index is 12.5. The number of halogens is 1. The van der Waals surface area contributed by atoms with Gasteiger partial charge in [0.15, 0.2) is 0 Å². The number of nitrogens with zero attached hydrogens (tertiary/aromatic N) is 1. The SMILES string of the molecule is Cc1cc(Br)c(N2C(=O)C3CC(C)CC3C2=O)cc1N. The molecule has 1 saturated carbocycles. The van der Waals surface area contributed by atoms with E-state index in [2.05, 4.69) is 22.9 Å². The second kappa shape index (κ2) is 4.58. The van der Waals surface area contributed by atoms with E-state index in [1.807, 2.05) is 13.0 Å². The van der Waals surface area contributed by atoms with Crippen molar-refractivity contribution in [3.8, 4) is 0 Å². The molecular weight excluding hydrogens is 320 g/mol. The minimum atomic E-state index is -0.146. The second-order valence-corrected chi connectivity index (χ2v) is 6.82. The van der Waals surface area contributed by atoms with Crippen molar-refractivity contribution in [2.24, 2.45) is 17.8 Å². The number of aryl methyl sites for hydroxylation is 1. The van der Waals surface area contributed by atoms with Crippen LogP contribution in [-0.4, -0.2) is 11.8 Å². The van der Waals surface area contributed by atoms with Gasteiger partial charge in [0.05, 0.1) is 17.5 Å². The number of carbonyl (C=O) groups excluding carboxylic acids is 2. The molecule has 106 valence electrons. The van der Waals surface area contributed by atoms with Crippen molar-refractivity contribution in [1.82, 2.24) is 0 Å². The van der Waals surface area contributed by atoms with E-state index in [9.17, 15) is 9.59 Å². The van der Waals surface area contributed by atoms with Gasteiger partial charge in [-0.1, -0.05) is 6.92 Å². The van der Waals surface area contributed by atoms with Crippen LogP contribution in [0.25, 0.3) is 0 Å². The molecule has 4 nitrogen and oxygen atoms in total. The van der Waals surface area contributed by atoms with Crippen molar-refractivity contribution in [1.29, 1.82) is 0 Å². The number of benzene rings is 1. The van der Waals surface area contributed by atoms with Crippen LogP contribution in [0.5, 0.6) is 0 Å². The highest BCUT2D eigenvalue weighted by Gasteiger charge is 2.52. The van der Waals surface area contributed by atoms with E-state index in [0.717, 1.165) is 22.9 Å². The van der Waals surface area contributed by atoms with E-state index >= 15 is 0 Å². The molecule has 3 rings (SSSR count). The fourth-order valence-corrected chi connectivity index (χ4v) is 4.00. The lowest BCUT2D eigenvalue weighted by Crippen LogP contribution is -2.32. The van der Waals surface area contributed by atoms with Gasteiger partial charge in [-0.15, -0.1) is 0 Å². The fraction of sp³-hybridized carbons (Fsp3) is 0.467. The van der Waals surface area contributed by atoms with Gasteiger partial charge in [-0.2, -0.15) is 0 Å². The molecule has 0 aromatic heterocycles. The molecule has 1 saturated heterocycles. The molecule has 1 aromatic carbocycles. The lowest BCUT2D eigenvalue weighted by molar-refractivity contribution is -0.123. The molecule has 2 aliphatic rings. The molecule has 20 heavy (non-hydrogen) atoms. The van der Waals surface area contributed by atoms with Crippen LogP contribution < -0.4 is 10.6 Å². The summed E-state index contributed by atoms with van der Waals surface area (Å²) in [5, 5.41) is 0. The van der Waals surface area contributed by atoms with Crippen LogP contribution >= 0.6 is 15.9 Å². The Morgan fingerprint density at radius 1 is 1.20 bits per heavy atom. The zero-order chi connectivity index (χ0) is 14.6. The third kappa shape index (κ3) is 1.87. The Labute approximate surface area is 126 Å². The van der Waals surface area contributed by atoms with Crippen LogP contribution in [0, 0.1) is 24.7 Å². The zero-order valence-electron chi connectivity index (χ0n) is 11.5. The highest BCUT2D eigenvalue weighted by Crippen LogP contribution is 2.46. The molecule has 0 radical (unpaired) electrons. The van der Waals surface area contributed by atoms with Crippen LogP contribution in [-0.2, 0) is 9.59 Å². The third-order valence-electron chi connectivity index (χ3n) is 4.45. The average molecular weight is 337 g/mol. The smallest absolute Gasteiger partial charge is 0.237 e. The number of hydrogen-bond acceptors (Lipinski definition) is 3. The monoisotopic (exact) mass is 336 g/mol. The number of nitrogens with two attached hydrogens (primary N) is 1. The lowest BCUT2D eigenvalue weighted by Gasteiger charge is -2.19. The predicted octanol–water partition coefficient (Wildman–Crippen LogP) is 2.88. The Morgan fingerprint density at radius 3 is 2.30 bits per heavy atom. The van der Waals surface area contributed by atoms with E-state index in [4.69, 9.17) is 5.73 Å². The lowest BCUT2D eigenvalue weighted by atomic mass is 10.00. The van der Waals surface area contributed by atoms with Crippen molar-refractivity contribution in [3.05, 3.63) is 22.2 Å². The summed E-state index contributed by atoms with van der Waals surface area (Å²) in [5.74, 6) is 0.00652. The van der Waals surface area contributed by atoms with Crippen molar-refractivity contribution in [2.45, 2.75) is 26.7 Å². The predicted molar refractivity (Wildman–Crippen MR) is 81.2 cm³/mol. The van der Waals surface area contributed by atoms with Crippen LogP contribution in [0.4, 0.5) is 11.4 Å². The molecule has 0 spiro atoms. The normalized spacial score (nSPS) is 29.1. The van der Waals surface area contributed by atoms with Gasteiger partial charge in [0.25, 0.3) is 0 Å². The van der Waals surface area contributed by atoms with E-state index in [0.29, 0.717) is 17.3 Å². The standard InChI is InChI=1S/C15H17BrN2O2/c1-7-3-9-10(4-7)15(20)18(14(9)19)13-6-12(17)8(2)5-11(13)16/h5-7,9-10H,3-4,17H2,1-2H3. The molecule has 0 bridgehead atoms. The maximum Gasteiger partial charge on any atom is 0.237 e. The molecule has 2 unspecified atom stereocenters. The van der Waals surface area contributed by atoms with Gasteiger partial charge in [0.2, 0.25) is 11.8 Å². The number of amides is 2. The maximum absolute atomic E-state index is 12.5. The number of nitrogen functional groups attached to an aromatic ring is 1. The summed E-state index contributed by atoms with van der Waals surface area (Å²) in [6, 6.07) is 3.56. The molecule has 2 atom stereocenters. The zero-order valence-corrected chi connectivity index (χ0v) is 13.1. The van der Waals surface area contributed by atoms with Gasteiger partial charge in [-0.25, -0.2) is 4.90 Å². The largest absolute Gasteiger partial charge is 0.398 e. The number of anilines is 2. The summed E-state index contributed by atoms with van der Waals surface area (Å²) in [4.78, 5) is 26.4. The molecule has 5 heteroatoms. The van der Waals surface area contributed by atoms with E-state index in [-0.39, 0.29) is 23.7 Å². The number of fused-ring (bicyclic) bond motifs is 1. The summed E-state index contributed by atoms with van der Waals surface area (Å²) in [6.45, 7) is 4.00. The fourth-order valence-electron chi connectivity index (χ4n) is 3.36. The van der Waals surface area contributed by atoms with Crippen LogP contribution in [0.15, 0.2) is 16.6 Å². The summed E-state index contributed by atoms with van der Waals surface area (Å²) >= 11 is 3.44. The van der Waals surface area contributed by atoms with Gasteiger partial charge in [0.1, 0.15) is 0 Å². The summed E-state index contributed by atoms with van der Waals surface area (Å²) in [6.07, 6.45) is 1.62. The Kier molecular flexibility index (Phi) is 3.12. The first-order valence-corrected chi connectivity index (χ1v) is 7.63. The quantitative estimate of drug-likeness (QED) is 0.633. The molecule has 2 N–H and O–H groups in total. The highest BCUT2D eigenvalue weighted by molar-refractivity contribution is 9.10. The molecule has 2 amide bonds. The summed E-state index contributed by atoms with van der Waals surface area (Å²) < 4.78 is 0.735. The Morgan fingerprint density at radius 2 is 1.75 bits per heavy atom. The van der Waals surface area contributed by atoms with E-state index < -0.39 is 0 Å². The Balaban J connectivity index is 2.02. The van der Waals surface area contributed by atoms with E-state index in [1.54, 1.807) is 6.07 Å². The molecule has 1 heterocycles.